The van der Waals surface area contributed by atoms with Crippen LogP contribution in [0.2, 0.25) is 0 Å². The first-order valence-corrected chi connectivity index (χ1v) is 10.4. The van der Waals surface area contributed by atoms with E-state index in [2.05, 4.69) is 37.2 Å². The molecule has 3 fully saturated rings. The van der Waals surface area contributed by atoms with Crippen LogP contribution in [0.5, 0.6) is 0 Å². The number of aromatic amines is 1. The summed E-state index contributed by atoms with van der Waals surface area (Å²) in [6.45, 7) is 4.33. The molecule has 0 amide bonds. The molecule has 2 atom stereocenters. The Morgan fingerprint density at radius 1 is 1.13 bits per heavy atom. The third kappa shape index (κ3) is 2.66. The van der Waals surface area contributed by atoms with Gasteiger partial charge in [0.2, 0.25) is 0 Å². The molecule has 2 unspecified atom stereocenters. The smallest absolute Gasteiger partial charge is 0.174 e. The fourth-order valence-corrected chi connectivity index (χ4v) is 4.88. The molecule has 0 aliphatic carbocycles. The minimum Gasteiger partial charge on any atom is -0.378 e. The van der Waals surface area contributed by atoms with Crippen LogP contribution in [-0.2, 0) is 9.47 Å². The Kier molecular flexibility index (Phi) is 4.11. The van der Waals surface area contributed by atoms with Crippen LogP contribution in [0.4, 0.5) is 11.5 Å². The van der Waals surface area contributed by atoms with Crippen LogP contribution in [0.1, 0.15) is 18.5 Å². The average Bonchev–Trinajstić information content (AvgIpc) is 3.50. The molecular formula is C20H22N8O2. The first kappa shape index (κ1) is 17.7. The van der Waals surface area contributed by atoms with Crippen molar-refractivity contribution in [1.29, 1.82) is 5.26 Å². The fourth-order valence-electron chi connectivity index (χ4n) is 4.88. The van der Waals surface area contributed by atoms with Gasteiger partial charge in [-0.25, -0.2) is 4.98 Å². The number of H-pyrrole nitrogens is 1. The van der Waals surface area contributed by atoms with E-state index in [1.54, 1.807) is 10.9 Å². The summed E-state index contributed by atoms with van der Waals surface area (Å²) < 4.78 is 13.0. The first-order chi connectivity index (χ1) is 14.8. The summed E-state index contributed by atoms with van der Waals surface area (Å²) in [5.74, 6) is 1.61. The van der Waals surface area contributed by atoms with Crippen molar-refractivity contribution in [3.63, 3.8) is 0 Å². The molecule has 3 aromatic heterocycles. The molecule has 6 rings (SSSR count). The molecule has 10 nitrogen and oxygen atoms in total. The van der Waals surface area contributed by atoms with E-state index in [-0.39, 0.29) is 0 Å². The lowest BCUT2D eigenvalue weighted by Gasteiger charge is -2.37. The highest BCUT2D eigenvalue weighted by Crippen LogP contribution is 2.38. The van der Waals surface area contributed by atoms with Crippen LogP contribution in [0.3, 0.4) is 0 Å². The van der Waals surface area contributed by atoms with E-state index in [1.165, 1.54) is 0 Å². The van der Waals surface area contributed by atoms with Crippen molar-refractivity contribution in [1.82, 2.24) is 25.0 Å². The van der Waals surface area contributed by atoms with Crippen LogP contribution in [0.15, 0.2) is 18.3 Å². The molecule has 0 saturated carbocycles. The second-order valence-corrected chi connectivity index (χ2v) is 7.94. The van der Waals surface area contributed by atoms with Crippen LogP contribution >= 0.6 is 0 Å². The van der Waals surface area contributed by atoms with Gasteiger partial charge < -0.3 is 19.3 Å². The number of hydrogen-bond acceptors (Lipinski definition) is 8. The molecule has 1 N–H and O–H groups in total. The zero-order chi connectivity index (χ0) is 20.1. The van der Waals surface area contributed by atoms with Gasteiger partial charge in [0.15, 0.2) is 17.2 Å². The van der Waals surface area contributed by atoms with Crippen molar-refractivity contribution >= 4 is 22.5 Å². The number of aromatic nitrogens is 5. The standard InChI is InChI=1S/C20H22N8O2/c21-10-15-19-16(26-5-7-29-8-6-26)9-18(27-13-1-2-14(27)12-30-11-13)23-20(19)28(25-15)17-3-4-22-24-17/h3-4,9,13-14H,1-2,5-8,11-12H2,(H,22,24). The predicted octanol–water partition coefficient (Wildman–Crippen LogP) is 1.22. The number of morpholine rings is 2. The molecular weight excluding hydrogens is 384 g/mol. The number of anilines is 2. The van der Waals surface area contributed by atoms with Crippen LogP contribution in [0.25, 0.3) is 16.9 Å². The van der Waals surface area contributed by atoms with Crippen molar-refractivity contribution < 1.29 is 9.47 Å². The normalized spacial score (nSPS) is 23.8. The highest BCUT2D eigenvalue weighted by Gasteiger charge is 2.39. The number of rotatable bonds is 3. The fraction of sp³-hybridized carbons (Fsp3) is 0.500. The van der Waals surface area contributed by atoms with E-state index in [1.807, 2.05) is 6.07 Å². The second kappa shape index (κ2) is 6.97. The first-order valence-electron chi connectivity index (χ1n) is 10.4. The van der Waals surface area contributed by atoms with Gasteiger partial charge in [0.1, 0.15) is 11.9 Å². The molecule has 3 saturated heterocycles. The van der Waals surface area contributed by atoms with Gasteiger partial charge in [0.05, 0.1) is 55.8 Å². The molecule has 10 heteroatoms. The average molecular weight is 406 g/mol. The lowest BCUT2D eigenvalue weighted by Crippen LogP contribution is -2.46. The summed E-state index contributed by atoms with van der Waals surface area (Å²) in [5.41, 5.74) is 2.03. The molecule has 0 radical (unpaired) electrons. The number of fused-ring (bicyclic) bond motifs is 3. The predicted molar refractivity (Wildman–Crippen MR) is 109 cm³/mol. The zero-order valence-corrected chi connectivity index (χ0v) is 16.5. The van der Waals surface area contributed by atoms with Crippen molar-refractivity contribution in [2.75, 3.05) is 49.3 Å². The summed E-state index contributed by atoms with van der Waals surface area (Å²) in [5, 5.41) is 22.2. The lowest BCUT2D eigenvalue weighted by atomic mass is 10.1. The minimum atomic E-state index is 0.338. The van der Waals surface area contributed by atoms with Gasteiger partial charge in [0, 0.05) is 25.2 Å². The molecule has 2 bridgehead atoms. The number of pyridine rings is 1. The van der Waals surface area contributed by atoms with Gasteiger partial charge in [-0.2, -0.15) is 20.1 Å². The van der Waals surface area contributed by atoms with E-state index in [4.69, 9.17) is 14.5 Å². The maximum atomic E-state index is 9.83. The Balaban J connectivity index is 1.59. The van der Waals surface area contributed by atoms with E-state index in [0.29, 0.717) is 42.5 Å². The quantitative estimate of drug-likeness (QED) is 0.692. The summed E-state index contributed by atoms with van der Waals surface area (Å²) in [6.07, 6.45) is 3.89. The Morgan fingerprint density at radius 2 is 1.93 bits per heavy atom. The summed E-state index contributed by atoms with van der Waals surface area (Å²) in [6, 6.07) is 6.90. The Labute approximate surface area is 173 Å². The molecule has 3 aliphatic heterocycles. The van der Waals surface area contributed by atoms with Gasteiger partial charge >= 0.3 is 0 Å². The molecule has 0 spiro atoms. The van der Waals surface area contributed by atoms with E-state index < -0.39 is 0 Å². The summed E-state index contributed by atoms with van der Waals surface area (Å²) in [7, 11) is 0. The second-order valence-electron chi connectivity index (χ2n) is 7.94. The van der Waals surface area contributed by atoms with Crippen molar-refractivity contribution in [3.8, 4) is 11.9 Å². The largest absolute Gasteiger partial charge is 0.378 e. The molecule has 3 aliphatic rings. The van der Waals surface area contributed by atoms with Gasteiger partial charge in [-0.1, -0.05) is 0 Å². The van der Waals surface area contributed by atoms with E-state index >= 15 is 0 Å². The number of nitrogens with zero attached hydrogens (tertiary/aromatic N) is 7. The number of ether oxygens (including phenoxy) is 2. The van der Waals surface area contributed by atoms with E-state index in [9.17, 15) is 5.26 Å². The third-order valence-corrected chi connectivity index (χ3v) is 6.28. The zero-order valence-electron chi connectivity index (χ0n) is 16.5. The Bertz CT molecular complexity index is 1100. The van der Waals surface area contributed by atoms with Gasteiger partial charge in [-0.3, -0.25) is 5.10 Å². The Morgan fingerprint density at radius 3 is 2.63 bits per heavy atom. The van der Waals surface area contributed by atoms with Gasteiger partial charge in [-0.15, -0.1) is 0 Å². The van der Waals surface area contributed by atoms with E-state index in [0.717, 1.165) is 56.0 Å². The van der Waals surface area contributed by atoms with Crippen LogP contribution < -0.4 is 9.80 Å². The summed E-state index contributed by atoms with van der Waals surface area (Å²) >= 11 is 0. The lowest BCUT2D eigenvalue weighted by molar-refractivity contribution is 0.0902. The minimum absolute atomic E-state index is 0.338. The maximum absolute atomic E-state index is 9.83. The highest BCUT2D eigenvalue weighted by molar-refractivity contribution is 5.96. The molecule has 0 aromatic carbocycles. The van der Waals surface area contributed by atoms with Crippen molar-refractivity contribution in [3.05, 3.63) is 24.0 Å². The molecule has 154 valence electrons. The third-order valence-electron chi connectivity index (χ3n) is 6.28. The highest BCUT2D eigenvalue weighted by atomic mass is 16.5. The van der Waals surface area contributed by atoms with Crippen LogP contribution in [-0.4, -0.2) is 76.6 Å². The van der Waals surface area contributed by atoms with Gasteiger partial charge in [-0.05, 0) is 12.8 Å². The molecule has 30 heavy (non-hydrogen) atoms. The van der Waals surface area contributed by atoms with Crippen molar-refractivity contribution in [2.45, 2.75) is 24.9 Å². The van der Waals surface area contributed by atoms with Crippen LogP contribution in [0, 0.1) is 11.3 Å². The summed E-state index contributed by atoms with van der Waals surface area (Å²) in [4.78, 5) is 9.72. The number of nitrogens with one attached hydrogen (secondary N) is 1. The SMILES string of the molecule is N#Cc1nn(-c2ccn[nH]2)c2nc(N3C4CCC3COC4)cc(N3CCOCC3)c12. The number of nitriles is 1. The van der Waals surface area contributed by atoms with Crippen molar-refractivity contribution in [2.24, 2.45) is 0 Å². The topological polar surface area (TPSA) is 108 Å². The Hall–Kier alpha value is -3.16. The maximum Gasteiger partial charge on any atom is 0.174 e. The number of hydrogen-bond donors (Lipinski definition) is 1. The van der Waals surface area contributed by atoms with Gasteiger partial charge in [0.25, 0.3) is 0 Å². The molecule has 3 aromatic rings. The monoisotopic (exact) mass is 406 g/mol. The molecule has 6 heterocycles.